The smallest absolute Gasteiger partial charge is 0.175 e. The molecule has 1 aromatic carbocycles. The second-order valence-electron chi connectivity index (χ2n) is 1.85. The first-order valence-electron chi connectivity index (χ1n) is 2.82. The number of hydrogen-bond donors (Lipinski definition) is 0. The van der Waals surface area contributed by atoms with Gasteiger partial charge >= 0.3 is 0 Å². The minimum absolute atomic E-state index is 0.200. The molecule has 0 saturated carbocycles. The van der Waals surface area contributed by atoms with E-state index in [1.165, 1.54) is 0 Å². The third-order valence-electron chi connectivity index (χ3n) is 1.20. The number of carbonyl (C=O) groups is 1. The van der Waals surface area contributed by atoms with E-state index in [-0.39, 0.29) is 5.75 Å². The molecule has 1 aromatic rings. The SMILES string of the molecule is O=Cc1cccc(Cl)c1OCl. The molecule has 0 N–H and O–H groups in total. The Balaban J connectivity index is 3.23. The van der Waals surface area contributed by atoms with Crippen LogP contribution in [0.15, 0.2) is 18.2 Å². The molecule has 0 spiro atoms. The number of rotatable bonds is 2. The molecule has 0 bridgehead atoms. The number of benzene rings is 1. The second-order valence-corrected chi connectivity index (χ2v) is 2.41. The lowest BCUT2D eigenvalue weighted by Gasteiger charge is -2.00. The van der Waals surface area contributed by atoms with Crippen LogP contribution in [0.25, 0.3) is 0 Å². The highest BCUT2D eigenvalue weighted by atomic mass is 35.5. The van der Waals surface area contributed by atoms with E-state index >= 15 is 0 Å². The molecule has 1 rings (SSSR count). The Hall–Kier alpha value is -0.730. The molecule has 0 atom stereocenters. The van der Waals surface area contributed by atoms with Gasteiger partial charge in [0.2, 0.25) is 0 Å². The molecule has 0 aliphatic rings. The highest BCUT2D eigenvalue weighted by molar-refractivity contribution is 6.33. The Morgan fingerprint density at radius 3 is 2.64 bits per heavy atom. The minimum atomic E-state index is 0.200. The monoisotopic (exact) mass is 190 g/mol. The Morgan fingerprint density at radius 2 is 2.18 bits per heavy atom. The first kappa shape index (κ1) is 8.37. The van der Waals surface area contributed by atoms with Crippen molar-refractivity contribution in [2.24, 2.45) is 0 Å². The van der Waals surface area contributed by atoms with Gasteiger partial charge < -0.3 is 4.29 Å². The molecular weight excluding hydrogens is 187 g/mol. The summed E-state index contributed by atoms with van der Waals surface area (Å²) in [5.41, 5.74) is 0.340. The fourth-order valence-corrected chi connectivity index (χ4v) is 1.13. The second kappa shape index (κ2) is 3.60. The first-order chi connectivity index (χ1) is 5.29. The zero-order valence-corrected chi connectivity index (χ0v) is 6.89. The van der Waals surface area contributed by atoms with Crippen LogP contribution in [0.2, 0.25) is 5.02 Å². The number of halogens is 2. The van der Waals surface area contributed by atoms with E-state index in [1.807, 2.05) is 0 Å². The van der Waals surface area contributed by atoms with Crippen molar-refractivity contribution in [1.82, 2.24) is 0 Å². The topological polar surface area (TPSA) is 26.3 Å². The molecule has 0 aliphatic carbocycles. The summed E-state index contributed by atoms with van der Waals surface area (Å²) in [6, 6.07) is 4.80. The third-order valence-corrected chi connectivity index (χ3v) is 1.65. The van der Waals surface area contributed by atoms with Crippen LogP contribution in [0.1, 0.15) is 10.4 Å². The Kier molecular flexibility index (Phi) is 2.74. The van der Waals surface area contributed by atoms with Gasteiger partial charge in [-0.15, -0.1) is 0 Å². The van der Waals surface area contributed by atoms with Gasteiger partial charge in [-0.05, 0) is 12.1 Å². The predicted molar refractivity (Wildman–Crippen MR) is 43.3 cm³/mol. The maximum atomic E-state index is 10.3. The lowest BCUT2D eigenvalue weighted by Crippen LogP contribution is -1.85. The van der Waals surface area contributed by atoms with E-state index in [2.05, 4.69) is 4.29 Å². The van der Waals surface area contributed by atoms with Gasteiger partial charge in [-0.2, -0.15) is 0 Å². The number of para-hydroxylation sites is 1. The summed E-state index contributed by atoms with van der Waals surface area (Å²) in [6.07, 6.45) is 0.629. The average molecular weight is 191 g/mol. The van der Waals surface area contributed by atoms with E-state index in [4.69, 9.17) is 23.5 Å². The normalized spacial score (nSPS) is 9.27. The molecule has 0 unspecified atom stereocenters. The largest absolute Gasteiger partial charge is 0.383 e. The van der Waals surface area contributed by atoms with Crippen LogP contribution in [0, 0.1) is 0 Å². The van der Waals surface area contributed by atoms with E-state index in [9.17, 15) is 4.79 Å². The van der Waals surface area contributed by atoms with Crippen LogP contribution in [0.3, 0.4) is 0 Å². The van der Waals surface area contributed by atoms with Crippen molar-refractivity contribution in [3.05, 3.63) is 28.8 Å². The van der Waals surface area contributed by atoms with Crippen LogP contribution in [-0.2, 0) is 0 Å². The summed E-state index contributed by atoms with van der Waals surface area (Å²) in [5.74, 6) is 0.200. The van der Waals surface area contributed by atoms with Crippen LogP contribution < -0.4 is 4.29 Å². The van der Waals surface area contributed by atoms with E-state index in [1.54, 1.807) is 18.2 Å². The van der Waals surface area contributed by atoms with Crippen molar-refractivity contribution in [2.45, 2.75) is 0 Å². The summed E-state index contributed by atoms with van der Waals surface area (Å²) >= 11 is 10.7. The third kappa shape index (κ3) is 1.64. The maximum absolute atomic E-state index is 10.3. The Morgan fingerprint density at radius 1 is 1.45 bits per heavy atom. The van der Waals surface area contributed by atoms with Gasteiger partial charge in [-0.1, -0.05) is 17.7 Å². The Bertz CT molecular complexity index is 273. The predicted octanol–water partition coefficient (Wildman–Crippen LogP) is 2.69. The molecule has 58 valence electrons. The molecule has 2 nitrogen and oxygen atoms in total. The fraction of sp³-hybridized carbons (Fsp3) is 0. The van der Waals surface area contributed by atoms with Crippen molar-refractivity contribution in [3.63, 3.8) is 0 Å². The lowest BCUT2D eigenvalue weighted by molar-refractivity contribution is 0.112. The number of hydrogen-bond acceptors (Lipinski definition) is 2. The van der Waals surface area contributed by atoms with Gasteiger partial charge in [0.1, 0.15) is 11.9 Å². The molecule has 0 aromatic heterocycles. The van der Waals surface area contributed by atoms with Crippen LogP contribution in [0.5, 0.6) is 5.75 Å². The summed E-state index contributed by atoms with van der Waals surface area (Å²) in [4.78, 5) is 10.3. The van der Waals surface area contributed by atoms with Gasteiger partial charge in [0.25, 0.3) is 0 Å². The van der Waals surface area contributed by atoms with Gasteiger partial charge in [-0.3, -0.25) is 4.79 Å². The van der Waals surface area contributed by atoms with Crippen molar-refractivity contribution < 1.29 is 9.08 Å². The van der Waals surface area contributed by atoms with Gasteiger partial charge in [0.05, 0.1) is 10.6 Å². The van der Waals surface area contributed by atoms with Crippen molar-refractivity contribution in [1.29, 1.82) is 0 Å². The highest BCUT2D eigenvalue weighted by Crippen LogP contribution is 2.27. The zero-order valence-electron chi connectivity index (χ0n) is 5.38. The van der Waals surface area contributed by atoms with E-state index in [0.29, 0.717) is 16.9 Å². The fourth-order valence-electron chi connectivity index (χ4n) is 0.700. The number of aldehydes is 1. The molecule has 0 aliphatic heterocycles. The molecule has 0 saturated heterocycles. The highest BCUT2D eigenvalue weighted by Gasteiger charge is 2.06. The van der Waals surface area contributed by atoms with Crippen LogP contribution >= 0.6 is 23.5 Å². The van der Waals surface area contributed by atoms with Crippen LogP contribution in [0.4, 0.5) is 0 Å². The number of carbonyl (C=O) groups excluding carboxylic acids is 1. The minimum Gasteiger partial charge on any atom is -0.383 e. The van der Waals surface area contributed by atoms with Crippen molar-refractivity contribution in [2.75, 3.05) is 0 Å². The summed E-state index contributed by atoms with van der Waals surface area (Å²) in [6.45, 7) is 0. The van der Waals surface area contributed by atoms with Gasteiger partial charge in [0.15, 0.2) is 12.0 Å². The first-order valence-corrected chi connectivity index (χ1v) is 3.50. The molecule has 0 radical (unpaired) electrons. The molecule has 0 amide bonds. The van der Waals surface area contributed by atoms with Crippen LogP contribution in [-0.4, -0.2) is 6.29 Å². The standard InChI is InChI=1S/C7H4Cl2O2/c8-6-3-1-2-5(4-10)7(6)11-9/h1-4H. The molecule has 4 heteroatoms. The van der Waals surface area contributed by atoms with E-state index < -0.39 is 0 Å². The summed E-state index contributed by atoms with van der Waals surface area (Å²) in [5, 5.41) is 0.324. The van der Waals surface area contributed by atoms with Gasteiger partial charge in [-0.25, -0.2) is 0 Å². The van der Waals surface area contributed by atoms with Gasteiger partial charge in [0, 0.05) is 0 Å². The molecule has 11 heavy (non-hydrogen) atoms. The van der Waals surface area contributed by atoms with E-state index in [0.717, 1.165) is 0 Å². The molecule has 0 fully saturated rings. The maximum Gasteiger partial charge on any atom is 0.175 e. The summed E-state index contributed by atoms with van der Waals surface area (Å²) < 4.78 is 4.38. The lowest BCUT2D eigenvalue weighted by atomic mass is 10.2. The van der Waals surface area contributed by atoms with Crippen molar-refractivity contribution >= 4 is 29.8 Å². The quantitative estimate of drug-likeness (QED) is 0.671. The average Bonchev–Trinajstić information content (AvgIpc) is 2.04. The summed E-state index contributed by atoms with van der Waals surface area (Å²) in [7, 11) is 0. The van der Waals surface area contributed by atoms with Crippen molar-refractivity contribution in [3.8, 4) is 5.75 Å². The zero-order chi connectivity index (χ0) is 8.27. The Labute approximate surface area is 73.9 Å². The molecular formula is C7H4Cl2O2. The molecule has 0 heterocycles.